The third kappa shape index (κ3) is 1.91. The molecule has 1 aliphatic heterocycles. The van der Waals surface area contributed by atoms with Crippen LogP contribution in [-0.4, -0.2) is 35.0 Å². The van der Waals surface area contributed by atoms with Gasteiger partial charge in [-0.05, 0) is 24.2 Å². The van der Waals surface area contributed by atoms with E-state index in [1.54, 1.807) is 4.90 Å². The number of hydrogen-bond donors (Lipinski definition) is 1. The minimum absolute atomic E-state index is 0.0556. The molecule has 4 nitrogen and oxygen atoms in total. The normalized spacial score (nSPS) is 33.8. The molecule has 1 amide bonds. The summed E-state index contributed by atoms with van der Waals surface area (Å²) in [6.07, 6.45) is 1.52. The fourth-order valence-electron chi connectivity index (χ4n) is 3.02. The lowest BCUT2D eigenvalue weighted by Crippen LogP contribution is -2.41. The third-order valence-corrected chi connectivity index (χ3v) is 4.96. The number of aliphatic carboxylic acids is 1. The Labute approximate surface area is 108 Å². The molecule has 2 unspecified atom stereocenters. The first kappa shape index (κ1) is 13.4. The van der Waals surface area contributed by atoms with E-state index in [1.165, 1.54) is 0 Å². The minimum atomic E-state index is -0.761. The third-order valence-electron chi connectivity index (χ3n) is 4.96. The predicted octanol–water partition coefficient (Wildman–Crippen LogP) is 1.99. The van der Waals surface area contributed by atoms with Crippen LogP contribution in [0.25, 0.3) is 0 Å². The lowest BCUT2D eigenvalue weighted by Gasteiger charge is -2.28. The number of hydrogen-bond acceptors (Lipinski definition) is 2. The van der Waals surface area contributed by atoms with Crippen molar-refractivity contribution in [2.45, 2.75) is 40.5 Å². The van der Waals surface area contributed by atoms with Crippen LogP contribution in [0, 0.1) is 22.7 Å². The van der Waals surface area contributed by atoms with Crippen LogP contribution < -0.4 is 0 Å². The second kappa shape index (κ2) is 3.97. The van der Waals surface area contributed by atoms with Gasteiger partial charge >= 0.3 is 5.97 Å². The molecule has 0 bridgehead atoms. The number of carbonyl (C=O) groups is 2. The van der Waals surface area contributed by atoms with Crippen molar-refractivity contribution in [3.05, 3.63) is 0 Å². The number of carbonyl (C=O) groups excluding carboxylic acids is 1. The number of carboxylic acid groups (broad SMARTS) is 1. The first-order valence-corrected chi connectivity index (χ1v) is 6.73. The van der Waals surface area contributed by atoms with Gasteiger partial charge in [-0.3, -0.25) is 9.59 Å². The van der Waals surface area contributed by atoms with E-state index in [9.17, 15) is 14.7 Å². The van der Waals surface area contributed by atoms with E-state index in [0.717, 1.165) is 6.42 Å². The smallest absolute Gasteiger partial charge is 0.311 e. The molecule has 2 atom stereocenters. The molecule has 2 rings (SSSR count). The summed E-state index contributed by atoms with van der Waals surface area (Å²) in [7, 11) is 0. The summed E-state index contributed by atoms with van der Waals surface area (Å²) >= 11 is 0. The molecular formula is C14H23NO3. The molecule has 2 aliphatic rings. The van der Waals surface area contributed by atoms with Crippen molar-refractivity contribution in [1.29, 1.82) is 0 Å². The van der Waals surface area contributed by atoms with E-state index < -0.39 is 11.4 Å². The zero-order valence-corrected chi connectivity index (χ0v) is 11.7. The van der Waals surface area contributed by atoms with Crippen molar-refractivity contribution in [1.82, 2.24) is 4.90 Å². The van der Waals surface area contributed by atoms with Gasteiger partial charge in [0.15, 0.2) is 0 Å². The summed E-state index contributed by atoms with van der Waals surface area (Å²) in [5.74, 6) is -0.444. The van der Waals surface area contributed by atoms with Gasteiger partial charge in [-0.1, -0.05) is 27.7 Å². The Morgan fingerprint density at radius 3 is 2.22 bits per heavy atom. The molecule has 18 heavy (non-hydrogen) atoms. The summed E-state index contributed by atoms with van der Waals surface area (Å²) < 4.78 is 0. The molecule has 0 spiro atoms. The van der Waals surface area contributed by atoms with E-state index in [1.807, 2.05) is 13.8 Å². The fraction of sp³-hybridized carbons (Fsp3) is 0.857. The Kier molecular flexibility index (Phi) is 2.95. The van der Waals surface area contributed by atoms with Crippen LogP contribution in [0.3, 0.4) is 0 Å². The van der Waals surface area contributed by atoms with Crippen molar-refractivity contribution < 1.29 is 14.7 Å². The molecule has 0 aromatic carbocycles. The number of rotatable bonds is 3. The number of amides is 1. The van der Waals surface area contributed by atoms with Crippen LogP contribution in [-0.2, 0) is 9.59 Å². The first-order chi connectivity index (χ1) is 8.20. The van der Waals surface area contributed by atoms with Crippen LogP contribution in [0.4, 0.5) is 0 Å². The Bertz CT molecular complexity index is 389. The van der Waals surface area contributed by atoms with Gasteiger partial charge in [-0.25, -0.2) is 0 Å². The number of likely N-dealkylation sites (tertiary alicyclic amines) is 1. The zero-order chi connectivity index (χ0) is 13.7. The van der Waals surface area contributed by atoms with Crippen LogP contribution in [0.1, 0.15) is 40.5 Å². The van der Waals surface area contributed by atoms with Crippen LogP contribution >= 0.6 is 0 Å². The van der Waals surface area contributed by atoms with Gasteiger partial charge in [0, 0.05) is 19.0 Å². The highest BCUT2D eigenvalue weighted by Gasteiger charge is 2.55. The first-order valence-electron chi connectivity index (χ1n) is 6.73. The second-order valence-electron chi connectivity index (χ2n) is 6.87. The molecule has 0 aromatic heterocycles. The number of nitrogens with zero attached hydrogens (tertiary/aromatic N) is 1. The summed E-state index contributed by atoms with van der Waals surface area (Å²) in [6, 6.07) is 0. The van der Waals surface area contributed by atoms with Crippen molar-refractivity contribution in [2.75, 3.05) is 13.1 Å². The van der Waals surface area contributed by atoms with Crippen LogP contribution in [0.2, 0.25) is 0 Å². The molecule has 1 N–H and O–H groups in total. The molecule has 1 saturated heterocycles. The maximum Gasteiger partial charge on any atom is 0.311 e. The summed E-state index contributed by atoms with van der Waals surface area (Å²) in [5, 5.41) is 9.45. The van der Waals surface area contributed by atoms with E-state index in [-0.39, 0.29) is 23.2 Å². The van der Waals surface area contributed by atoms with Gasteiger partial charge in [0.25, 0.3) is 0 Å². The SMILES string of the molecule is CC(C)C1(C(=O)O)CCN(C(=O)C2CC2(C)C)C1. The zero-order valence-electron chi connectivity index (χ0n) is 11.7. The Morgan fingerprint density at radius 1 is 1.33 bits per heavy atom. The summed E-state index contributed by atoms with van der Waals surface area (Å²) in [4.78, 5) is 25.6. The van der Waals surface area contributed by atoms with Crippen LogP contribution in [0.5, 0.6) is 0 Å². The predicted molar refractivity (Wildman–Crippen MR) is 68.0 cm³/mol. The Balaban J connectivity index is 2.08. The van der Waals surface area contributed by atoms with Crippen molar-refractivity contribution in [3.8, 4) is 0 Å². The average Bonchev–Trinajstić information content (AvgIpc) is 2.75. The monoisotopic (exact) mass is 253 g/mol. The van der Waals surface area contributed by atoms with Gasteiger partial charge in [0.1, 0.15) is 0 Å². The summed E-state index contributed by atoms with van der Waals surface area (Å²) in [5.41, 5.74) is -0.627. The highest BCUT2D eigenvalue weighted by molar-refractivity contribution is 5.84. The lowest BCUT2D eigenvalue weighted by atomic mass is 9.76. The molecule has 1 heterocycles. The maximum atomic E-state index is 12.3. The highest BCUT2D eigenvalue weighted by Crippen LogP contribution is 2.53. The second-order valence-corrected chi connectivity index (χ2v) is 6.87. The van der Waals surface area contributed by atoms with Crippen molar-refractivity contribution in [3.63, 3.8) is 0 Å². The molecule has 4 heteroatoms. The van der Waals surface area contributed by atoms with Gasteiger partial charge in [-0.2, -0.15) is 0 Å². The van der Waals surface area contributed by atoms with Gasteiger partial charge in [0.2, 0.25) is 5.91 Å². The van der Waals surface area contributed by atoms with Crippen LogP contribution in [0.15, 0.2) is 0 Å². The molecule has 1 aliphatic carbocycles. The van der Waals surface area contributed by atoms with Gasteiger partial charge < -0.3 is 10.0 Å². The van der Waals surface area contributed by atoms with E-state index >= 15 is 0 Å². The molecule has 2 fully saturated rings. The lowest BCUT2D eigenvalue weighted by molar-refractivity contribution is -0.151. The average molecular weight is 253 g/mol. The van der Waals surface area contributed by atoms with Gasteiger partial charge in [-0.15, -0.1) is 0 Å². The van der Waals surface area contributed by atoms with E-state index in [0.29, 0.717) is 19.5 Å². The molecule has 1 saturated carbocycles. The summed E-state index contributed by atoms with van der Waals surface area (Å²) in [6.45, 7) is 9.03. The quantitative estimate of drug-likeness (QED) is 0.837. The highest BCUT2D eigenvalue weighted by atomic mass is 16.4. The fourth-order valence-corrected chi connectivity index (χ4v) is 3.02. The molecule has 0 aromatic rings. The Morgan fingerprint density at radius 2 is 1.89 bits per heavy atom. The number of carboxylic acids is 1. The van der Waals surface area contributed by atoms with Gasteiger partial charge in [0.05, 0.1) is 5.41 Å². The minimum Gasteiger partial charge on any atom is -0.481 e. The Hall–Kier alpha value is -1.06. The van der Waals surface area contributed by atoms with E-state index in [2.05, 4.69) is 13.8 Å². The topological polar surface area (TPSA) is 57.6 Å². The standard InChI is InChI=1S/C14H23NO3/c1-9(2)14(12(17)18)5-6-15(8-14)11(16)10-7-13(10,3)4/h9-10H,5-8H2,1-4H3,(H,17,18). The molecule has 102 valence electrons. The van der Waals surface area contributed by atoms with E-state index in [4.69, 9.17) is 0 Å². The maximum absolute atomic E-state index is 12.3. The largest absolute Gasteiger partial charge is 0.481 e. The van der Waals surface area contributed by atoms with Crippen molar-refractivity contribution >= 4 is 11.9 Å². The molecular weight excluding hydrogens is 230 g/mol. The van der Waals surface area contributed by atoms with Crippen molar-refractivity contribution in [2.24, 2.45) is 22.7 Å². The molecule has 0 radical (unpaired) electrons.